The van der Waals surface area contributed by atoms with Crippen LogP contribution in [-0.4, -0.2) is 16.6 Å². The first-order valence-electron chi connectivity index (χ1n) is 8.14. The Labute approximate surface area is 145 Å². The molecule has 0 fully saturated rings. The molecule has 0 bridgehead atoms. The third-order valence-corrected chi connectivity index (χ3v) is 4.36. The molecule has 5 nitrogen and oxygen atoms in total. The lowest BCUT2D eigenvalue weighted by Crippen LogP contribution is -2.23. The molecule has 2 aromatic carbocycles. The predicted molar refractivity (Wildman–Crippen MR) is 95.1 cm³/mol. The van der Waals surface area contributed by atoms with E-state index in [2.05, 4.69) is 23.3 Å². The molecule has 0 aliphatic carbocycles. The van der Waals surface area contributed by atoms with Gasteiger partial charge in [0.15, 0.2) is 11.5 Å². The zero-order chi connectivity index (χ0) is 17.4. The second-order valence-electron chi connectivity index (χ2n) is 6.21. The molecule has 0 spiro atoms. The van der Waals surface area contributed by atoms with E-state index < -0.39 is 0 Å². The van der Waals surface area contributed by atoms with Gasteiger partial charge in [-0.05, 0) is 49.2 Å². The van der Waals surface area contributed by atoms with E-state index in [0.29, 0.717) is 12.3 Å². The first-order valence-corrected chi connectivity index (χ1v) is 8.14. The van der Waals surface area contributed by atoms with Gasteiger partial charge in [0.2, 0.25) is 6.79 Å². The van der Waals surface area contributed by atoms with Crippen LogP contribution in [0.4, 0.5) is 0 Å². The van der Waals surface area contributed by atoms with Crippen molar-refractivity contribution in [3.63, 3.8) is 0 Å². The summed E-state index contributed by atoms with van der Waals surface area (Å²) in [4.78, 5) is 12.2. The maximum Gasteiger partial charge on any atom is 0.267 e. The van der Waals surface area contributed by atoms with Crippen LogP contribution in [0.1, 0.15) is 16.7 Å². The van der Waals surface area contributed by atoms with Crippen LogP contribution in [0.15, 0.2) is 53.3 Å². The monoisotopic (exact) mass is 334 g/mol. The number of fused-ring (bicyclic) bond motifs is 1. The number of ether oxygens (including phenoxy) is 2. The van der Waals surface area contributed by atoms with Gasteiger partial charge in [-0.25, -0.2) is 4.68 Å². The molecular weight excluding hydrogens is 316 g/mol. The molecule has 2 heterocycles. The topological polar surface area (TPSA) is 53.4 Å². The number of hydrogen-bond donors (Lipinski definition) is 0. The average Bonchev–Trinajstić information content (AvgIpc) is 3.07. The second kappa shape index (κ2) is 6.09. The van der Waals surface area contributed by atoms with Crippen LogP contribution in [0.25, 0.3) is 11.3 Å². The predicted octanol–water partition coefficient (Wildman–Crippen LogP) is 3.30. The average molecular weight is 334 g/mol. The first kappa shape index (κ1) is 15.4. The highest BCUT2D eigenvalue weighted by atomic mass is 16.7. The summed E-state index contributed by atoms with van der Waals surface area (Å²) in [6, 6.07) is 15.2. The fraction of sp³-hybridized carbons (Fsp3) is 0.200. The number of rotatable bonds is 3. The van der Waals surface area contributed by atoms with Gasteiger partial charge in [-0.3, -0.25) is 4.79 Å². The SMILES string of the molecule is Cc1ccc(C)c(Cn2nc(-c3ccc4c(c3)OCO4)ccc2=O)c1. The van der Waals surface area contributed by atoms with Crippen molar-refractivity contribution >= 4 is 0 Å². The van der Waals surface area contributed by atoms with Crippen LogP contribution >= 0.6 is 0 Å². The zero-order valence-electron chi connectivity index (χ0n) is 14.2. The summed E-state index contributed by atoms with van der Waals surface area (Å²) < 4.78 is 12.3. The summed E-state index contributed by atoms with van der Waals surface area (Å²) in [7, 11) is 0. The van der Waals surface area contributed by atoms with Gasteiger partial charge < -0.3 is 9.47 Å². The van der Waals surface area contributed by atoms with E-state index in [-0.39, 0.29) is 12.4 Å². The van der Waals surface area contributed by atoms with Crippen molar-refractivity contribution in [3.8, 4) is 22.8 Å². The molecule has 4 rings (SSSR count). The molecule has 3 aromatic rings. The molecule has 0 amide bonds. The van der Waals surface area contributed by atoms with Gasteiger partial charge in [-0.1, -0.05) is 23.8 Å². The highest BCUT2D eigenvalue weighted by Gasteiger charge is 2.15. The van der Waals surface area contributed by atoms with Crippen molar-refractivity contribution in [2.45, 2.75) is 20.4 Å². The van der Waals surface area contributed by atoms with Crippen molar-refractivity contribution in [1.29, 1.82) is 0 Å². The summed E-state index contributed by atoms with van der Waals surface area (Å²) in [5.41, 5.74) is 4.90. The van der Waals surface area contributed by atoms with Gasteiger partial charge in [0.1, 0.15) is 0 Å². The summed E-state index contributed by atoms with van der Waals surface area (Å²) in [6.45, 7) is 4.77. The molecule has 0 radical (unpaired) electrons. The van der Waals surface area contributed by atoms with Crippen LogP contribution in [0.3, 0.4) is 0 Å². The Morgan fingerprint density at radius 2 is 1.84 bits per heavy atom. The minimum atomic E-state index is -0.120. The minimum Gasteiger partial charge on any atom is -0.454 e. The van der Waals surface area contributed by atoms with Gasteiger partial charge in [-0.2, -0.15) is 5.10 Å². The van der Waals surface area contributed by atoms with Gasteiger partial charge in [0.25, 0.3) is 5.56 Å². The van der Waals surface area contributed by atoms with Crippen LogP contribution in [-0.2, 0) is 6.54 Å². The van der Waals surface area contributed by atoms with E-state index in [4.69, 9.17) is 9.47 Å². The summed E-state index contributed by atoms with van der Waals surface area (Å²) in [5, 5.41) is 4.54. The second-order valence-corrected chi connectivity index (χ2v) is 6.21. The van der Waals surface area contributed by atoms with Crippen LogP contribution < -0.4 is 15.0 Å². The van der Waals surface area contributed by atoms with Crippen molar-refractivity contribution < 1.29 is 9.47 Å². The summed E-state index contributed by atoms with van der Waals surface area (Å²) in [5.74, 6) is 1.43. The smallest absolute Gasteiger partial charge is 0.267 e. The Hall–Kier alpha value is -3.08. The van der Waals surface area contributed by atoms with Crippen molar-refractivity contribution in [2.75, 3.05) is 6.79 Å². The van der Waals surface area contributed by atoms with Crippen molar-refractivity contribution in [2.24, 2.45) is 0 Å². The Morgan fingerprint density at radius 1 is 1.00 bits per heavy atom. The van der Waals surface area contributed by atoms with Crippen LogP contribution in [0, 0.1) is 13.8 Å². The van der Waals surface area contributed by atoms with E-state index in [1.165, 1.54) is 10.2 Å². The first-order chi connectivity index (χ1) is 12.1. The van der Waals surface area contributed by atoms with Crippen molar-refractivity contribution in [1.82, 2.24) is 9.78 Å². The Morgan fingerprint density at radius 3 is 2.72 bits per heavy atom. The number of benzene rings is 2. The van der Waals surface area contributed by atoms with Gasteiger partial charge in [-0.15, -0.1) is 0 Å². The molecule has 126 valence electrons. The minimum absolute atomic E-state index is 0.120. The largest absolute Gasteiger partial charge is 0.454 e. The lowest BCUT2D eigenvalue weighted by atomic mass is 10.1. The van der Waals surface area contributed by atoms with Gasteiger partial charge in [0, 0.05) is 11.6 Å². The van der Waals surface area contributed by atoms with E-state index in [1.54, 1.807) is 12.1 Å². The third-order valence-electron chi connectivity index (χ3n) is 4.36. The Kier molecular flexibility index (Phi) is 3.76. The molecule has 1 aliphatic rings. The van der Waals surface area contributed by atoms with E-state index in [0.717, 1.165) is 28.1 Å². The molecule has 25 heavy (non-hydrogen) atoms. The molecule has 0 saturated carbocycles. The Balaban J connectivity index is 1.71. The third kappa shape index (κ3) is 3.01. The molecule has 5 heteroatoms. The van der Waals surface area contributed by atoms with Crippen LogP contribution in [0.5, 0.6) is 11.5 Å². The molecule has 1 aromatic heterocycles. The lowest BCUT2D eigenvalue weighted by molar-refractivity contribution is 0.174. The number of aromatic nitrogens is 2. The molecule has 0 N–H and O–H groups in total. The van der Waals surface area contributed by atoms with E-state index in [1.807, 2.05) is 32.0 Å². The van der Waals surface area contributed by atoms with Gasteiger partial charge >= 0.3 is 0 Å². The number of hydrogen-bond acceptors (Lipinski definition) is 4. The quantitative estimate of drug-likeness (QED) is 0.737. The molecule has 1 aliphatic heterocycles. The molecule has 0 unspecified atom stereocenters. The van der Waals surface area contributed by atoms with E-state index >= 15 is 0 Å². The number of aryl methyl sites for hydroxylation is 2. The lowest BCUT2D eigenvalue weighted by Gasteiger charge is -2.10. The highest BCUT2D eigenvalue weighted by molar-refractivity contribution is 5.63. The number of nitrogens with zero attached hydrogens (tertiary/aromatic N) is 2. The van der Waals surface area contributed by atoms with Crippen LogP contribution in [0.2, 0.25) is 0 Å². The standard InChI is InChI=1S/C20H18N2O3/c1-13-3-4-14(2)16(9-13)11-22-20(23)8-6-17(21-22)15-5-7-18-19(10-15)25-12-24-18/h3-10H,11-12H2,1-2H3. The fourth-order valence-electron chi connectivity index (χ4n) is 2.90. The maximum atomic E-state index is 12.2. The molecular formula is C20H18N2O3. The fourth-order valence-corrected chi connectivity index (χ4v) is 2.90. The normalized spacial score (nSPS) is 12.4. The Bertz CT molecular complexity index is 1010. The highest BCUT2D eigenvalue weighted by Crippen LogP contribution is 2.35. The summed E-state index contributed by atoms with van der Waals surface area (Å²) in [6.07, 6.45) is 0. The summed E-state index contributed by atoms with van der Waals surface area (Å²) >= 11 is 0. The molecule has 0 saturated heterocycles. The molecule has 0 atom stereocenters. The zero-order valence-corrected chi connectivity index (χ0v) is 14.2. The van der Waals surface area contributed by atoms with Gasteiger partial charge in [0.05, 0.1) is 12.2 Å². The van der Waals surface area contributed by atoms with E-state index in [9.17, 15) is 4.79 Å². The maximum absolute atomic E-state index is 12.2. The van der Waals surface area contributed by atoms with Crippen molar-refractivity contribution in [3.05, 3.63) is 75.6 Å².